The van der Waals surface area contributed by atoms with Gasteiger partial charge in [0.15, 0.2) is 0 Å². The fourth-order valence-electron chi connectivity index (χ4n) is 5.05. The van der Waals surface area contributed by atoms with E-state index in [0.29, 0.717) is 33.6 Å². The molecule has 0 atom stereocenters. The Morgan fingerprint density at radius 2 is 1.70 bits per heavy atom. The Labute approximate surface area is 237 Å². The Morgan fingerprint density at radius 3 is 2.42 bits per heavy atom. The Hall–Kier alpha value is -4.21. The van der Waals surface area contributed by atoms with Gasteiger partial charge < -0.3 is 21.1 Å². The number of rotatable bonds is 7. The molecule has 1 heterocycles. The van der Waals surface area contributed by atoms with Crippen LogP contribution in [0.4, 0.5) is 20.6 Å². The maximum absolute atomic E-state index is 14.2. The first-order valence-corrected chi connectivity index (χ1v) is 12.9. The lowest BCUT2D eigenvalue weighted by molar-refractivity contribution is -0.143. The van der Waals surface area contributed by atoms with Crippen LogP contribution in [0.2, 0.25) is 0 Å². The number of esters is 1. The van der Waals surface area contributed by atoms with E-state index in [-0.39, 0.29) is 31.2 Å². The molecule has 3 aromatic carbocycles. The fourth-order valence-corrected chi connectivity index (χ4v) is 5.05. The zero-order valence-corrected chi connectivity index (χ0v) is 22.5. The van der Waals surface area contributed by atoms with E-state index in [1.54, 1.807) is 24.3 Å². The van der Waals surface area contributed by atoms with Crippen molar-refractivity contribution in [3.63, 3.8) is 0 Å². The lowest BCUT2D eigenvalue weighted by Crippen LogP contribution is -2.19. The smallest absolute Gasteiger partial charge is 0.323 e. The fraction of sp³-hybridized carbons (Fsp3) is 0.233. The first-order chi connectivity index (χ1) is 18.9. The Morgan fingerprint density at radius 1 is 0.975 bits per heavy atom. The summed E-state index contributed by atoms with van der Waals surface area (Å²) in [5.74, 6) is -0.955. The van der Waals surface area contributed by atoms with E-state index in [1.807, 2.05) is 24.3 Å². The third-order valence-electron chi connectivity index (χ3n) is 7.03. The number of ether oxygens (including phenoxy) is 1. The number of nitrogens with two attached hydrogens (primary N) is 1. The zero-order chi connectivity index (χ0) is 27.4. The number of carbonyl (C=O) groups excluding carboxylic acids is 3. The summed E-state index contributed by atoms with van der Waals surface area (Å²) in [5, 5.41) is 5.91. The van der Waals surface area contributed by atoms with Crippen molar-refractivity contribution in [2.75, 3.05) is 17.2 Å². The number of benzene rings is 3. The highest BCUT2D eigenvalue weighted by molar-refractivity contribution is 6.10. The van der Waals surface area contributed by atoms with E-state index >= 15 is 0 Å². The highest BCUT2D eigenvalue weighted by Gasteiger charge is 2.20. The molecule has 208 valence electrons. The van der Waals surface area contributed by atoms with Crippen LogP contribution in [0.25, 0.3) is 10.9 Å². The second kappa shape index (κ2) is 12.8. The Kier molecular flexibility index (Phi) is 9.19. The van der Waals surface area contributed by atoms with Crippen LogP contribution < -0.4 is 16.4 Å². The molecule has 40 heavy (non-hydrogen) atoms. The maximum atomic E-state index is 14.2. The van der Waals surface area contributed by atoms with Gasteiger partial charge in [0.1, 0.15) is 12.4 Å². The van der Waals surface area contributed by atoms with Gasteiger partial charge in [-0.25, -0.2) is 9.18 Å². The van der Waals surface area contributed by atoms with Crippen molar-refractivity contribution >= 4 is 52.6 Å². The number of carbonyl (C=O) groups is 3. The average Bonchev–Trinajstić information content (AvgIpc) is 3.61. The molecule has 0 spiro atoms. The number of amides is 2. The lowest BCUT2D eigenvalue weighted by Gasteiger charge is -2.11. The van der Waals surface area contributed by atoms with Crippen molar-refractivity contribution in [3.8, 4) is 0 Å². The van der Waals surface area contributed by atoms with Crippen molar-refractivity contribution in [1.82, 2.24) is 4.57 Å². The number of aromatic nitrogens is 1. The predicted molar refractivity (Wildman–Crippen MR) is 154 cm³/mol. The van der Waals surface area contributed by atoms with E-state index in [4.69, 9.17) is 10.5 Å². The van der Waals surface area contributed by atoms with Crippen molar-refractivity contribution in [3.05, 3.63) is 95.4 Å². The molecule has 1 aliphatic carbocycles. The van der Waals surface area contributed by atoms with Gasteiger partial charge >= 0.3 is 12.0 Å². The van der Waals surface area contributed by atoms with Gasteiger partial charge in [-0.05, 0) is 60.7 Å². The first-order valence-electron chi connectivity index (χ1n) is 12.9. The van der Waals surface area contributed by atoms with Crippen LogP contribution in [0.15, 0.2) is 72.9 Å². The SMILES string of the molecule is Cl.NCC(=O)OCc1ccccc1C(=O)n1cc(NC(=O)Nc2ccc(C3CCCC3)cc2)c2cc(F)ccc21. The molecule has 0 aliphatic heterocycles. The van der Waals surface area contributed by atoms with E-state index in [9.17, 15) is 18.8 Å². The first kappa shape index (κ1) is 28.8. The third kappa shape index (κ3) is 6.32. The summed E-state index contributed by atoms with van der Waals surface area (Å²) < 4.78 is 20.6. The van der Waals surface area contributed by atoms with Gasteiger partial charge in [-0.3, -0.25) is 14.2 Å². The molecule has 1 aromatic heterocycles. The normalized spacial score (nSPS) is 13.1. The molecule has 10 heteroatoms. The molecule has 4 N–H and O–H groups in total. The van der Waals surface area contributed by atoms with E-state index in [2.05, 4.69) is 10.6 Å². The molecule has 4 aromatic rings. The topological polar surface area (TPSA) is 115 Å². The summed E-state index contributed by atoms with van der Waals surface area (Å²) >= 11 is 0. The summed E-state index contributed by atoms with van der Waals surface area (Å²) in [4.78, 5) is 38.0. The van der Waals surface area contributed by atoms with E-state index in [0.717, 1.165) is 0 Å². The minimum absolute atomic E-state index is 0. The summed E-state index contributed by atoms with van der Waals surface area (Å²) in [6, 6.07) is 18.0. The van der Waals surface area contributed by atoms with Crippen molar-refractivity contribution < 1.29 is 23.5 Å². The summed E-state index contributed by atoms with van der Waals surface area (Å²) in [5.41, 5.74) is 8.66. The average molecular weight is 565 g/mol. The second-order valence-corrected chi connectivity index (χ2v) is 9.58. The minimum atomic E-state index is -0.593. The predicted octanol–water partition coefficient (Wildman–Crippen LogP) is 6.19. The molecule has 1 saturated carbocycles. The zero-order valence-electron chi connectivity index (χ0n) is 21.7. The van der Waals surface area contributed by atoms with Gasteiger partial charge in [-0.2, -0.15) is 0 Å². The molecule has 0 saturated heterocycles. The molecular weight excluding hydrogens is 535 g/mol. The Bertz CT molecular complexity index is 1530. The van der Waals surface area contributed by atoms with Gasteiger partial charge in [0.2, 0.25) is 0 Å². The monoisotopic (exact) mass is 564 g/mol. The largest absolute Gasteiger partial charge is 0.460 e. The van der Waals surface area contributed by atoms with Gasteiger partial charge in [0, 0.05) is 28.4 Å². The highest BCUT2D eigenvalue weighted by atomic mass is 35.5. The van der Waals surface area contributed by atoms with Crippen LogP contribution in [-0.2, 0) is 16.1 Å². The number of anilines is 2. The number of nitrogens with one attached hydrogen (secondary N) is 2. The lowest BCUT2D eigenvalue weighted by atomic mass is 9.98. The Balaban J connectivity index is 0.00000370. The minimum Gasteiger partial charge on any atom is -0.460 e. The van der Waals surface area contributed by atoms with Gasteiger partial charge in [0.25, 0.3) is 5.91 Å². The van der Waals surface area contributed by atoms with Crippen LogP contribution in [0.1, 0.15) is 53.1 Å². The quantitative estimate of drug-likeness (QED) is 0.231. The molecule has 1 fully saturated rings. The van der Waals surface area contributed by atoms with Crippen molar-refractivity contribution in [2.24, 2.45) is 5.73 Å². The van der Waals surface area contributed by atoms with Gasteiger partial charge in [-0.1, -0.05) is 43.2 Å². The van der Waals surface area contributed by atoms with Crippen LogP contribution in [0.3, 0.4) is 0 Å². The maximum Gasteiger partial charge on any atom is 0.323 e. The molecular formula is C30H30ClFN4O4. The van der Waals surface area contributed by atoms with Crippen LogP contribution in [0.5, 0.6) is 0 Å². The standard InChI is InChI=1S/C30H29FN4O4.ClH/c31-22-11-14-27-25(15-22)26(34-30(38)33-23-12-9-20(10-13-23)19-5-1-2-6-19)17-35(27)29(37)24-8-4-3-7-21(24)18-39-28(36)16-32;/h3-4,7-15,17,19H,1-2,5-6,16,18,32H2,(H2,33,34,38);1H. The van der Waals surface area contributed by atoms with Gasteiger partial charge in [-0.15, -0.1) is 12.4 Å². The highest BCUT2D eigenvalue weighted by Crippen LogP contribution is 2.34. The van der Waals surface area contributed by atoms with Gasteiger partial charge in [0.05, 0.1) is 17.7 Å². The van der Waals surface area contributed by atoms with Crippen LogP contribution in [-0.4, -0.2) is 29.0 Å². The molecule has 8 nitrogen and oxygen atoms in total. The second-order valence-electron chi connectivity index (χ2n) is 9.58. The summed E-state index contributed by atoms with van der Waals surface area (Å²) in [7, 11) is 0. The number of hydrogen-bond donors (Lipinski definition) is 3. The van der Waals surface area contributed by atoms with Crippen LogP contribution in [0, 0.1) is 5.82 Å². The molecule has 0 unspecified atom stereocenters. The molecule has 0 radical (unpaired) electrons. The summed E-state index contributed by atoms with van der Waals surface area (Å²) in [6.07, 6.45) is 6.33. The number of nitrogens with zero attached hydrogens (tertiary/aromatic N) is 1. The number of fused-ring (bicyclic) bond motifs is 1. The summed E-state index contributed by atoms with van der Waals surface area (Å²) in [6.45, 7) is -0.398. The number of urea groups is 1. The molecule has 2 amide bonds. The number of hydrogen-bond acceptors (Lipinski definition) is 5. The molecule has 5 rings (SSSR count). The van der Waals surface area contributed by atoms with Crippen LogP contribution >= 0.6 is 12.4 Å². The number of halogens is 2. The van der Waals surface area contributed by atoms with Crippen molar-refractivity contribution in [1.29, 1.82) is 0 Å². The molecule has 0 bridgehead atoms. The van der Waals surface area contributed by atoms with Crippen molar-refractivity contribution in [2.45, 2.75) is 38.2 Å². The third-order valence-corrected chi connectivity index (χ3v) is 7.03. The molecule has 1 aliphatic rings. The van der Waals surface area contributed by atoms with E-state index in [1.165, 1.54) is 60.2 Å². The van der Waals surface area contributed by atoms with E-state index < -0.39 is 23.7 Å².